The fourth-order valence-corrected chi connectivity index (χ4v) is 1.69. The van der Waals surface area contributed by atoms with Gasteiger partial charge in [0, 0.05) is 5.69 Å². The minimum atomic E-state index is -0.547. The van der Waals surface area contributed by atoms with E-state index in [-0.39, 0.29) is 15.7 Å². The molecule has 98 valence electrons. The first kappa shape index (κ1) is 13.6. The van der Waals surface area contributed by atoms with Crippen molar-refractivity contribution >= 4 is 34.8 Å². The van der Waals surface area contributed by atoms with E-state index in [0.717, 1.165) is 6.20 Å². The topological polar surface area (TPSA) is 56.0 Å². The highest BCUT2D eigenvalue weighted by atomic mass is 35.5. The van der Waals surface area contributed by atoms with E-state index in [1.807, 2.05) is 0 Å². The lowest BCUT2D eigenvalue weighted by Gasteiger charge is -2.06. The molecule has 0 aliphatic heterocycles. The number of halogens is 3. The molecule has 0 aliphatic rings. The molecule has 0 saturated carbocycles. The molecular formula is C12H7Cl2FN2O2. The van der Waals surface area contributed by atoms with Gasteiger partial charge in [-0.05, 0) is 41.9 Å². The van der Waals surface area contributed by atoms with Crippen molar-refractivity contribution < 1.29 is 13.9 Å². The molecule has 1 N–H and O–H groups in total. The van der Waals surface area contributed by atoms with E-state index < -0.39 is 11.7 Å². The Labute approximate surface area is 118 Å². The van der Waals surface area contributed by atoms with Crippen LogP contribution in [-0.4, -0.2) is 5.91 Å². The Hall–Kier alpha value is -1.85. The van der Waals surface area contributed by atoms with Gasteiger partial charge in [0.2, 0.25) is 0 Å². The summed E-state index contributed by atoms with van der Waals surface area (Å²) in [5.74, 6) is -0.959. The molecule has 1 aromatic carbocycles. The number of aromatic nitrogens is 1. The van der Waals surface area contributed by atoms with E-state index >= 15 is 0 Å². The molecule has 0 spiro atoms. The minimum absolute atomic E-state index is 0.0246. The lowest BCUT2D eigenvalue weighted by Crippen LogP contribution is -2.29. The number of nitrogens with zero attached hydrogens (tertiary/aromatic N) is 1. The molecule has 4 nitrogen and oxygen atoms in total. The molecular weight excluding hydrogens is 294 g/mol. The van der Waals surface area contributed by atoms with Crippen LogP contribution in [0.2, 0.25) is 10.2 Å². The molecule has 1 aromatic heterocycles. The standard InChI is InChI=1S/C12H7Cl2FN2O2/c13-10-5-7(6-17(19)11(10)14)12(18)16-9-3-1-8(15)2-4-9/h1-6H,(H,16,18). The van der Waals surface area contributed by atoms with Crippen LogP contribution in [0, 0.1) is 11.0 Å². The number of amides is 1. The molecule has 7 heteroatoms. The van der Waals surface area contributed by atoms with Crippen molar-refractivity contribution in [3.8, 4) is 0 Å². The van der Waals surface area contributed by atoms with Crippen molar-refractivity contribution in [1.29, 1.82) is 0 Å². The van der Waals surface area contributed by atoms with Gasteiger partial charge in [0.1, 0.15) is 16.4 Å². The van der Waals surface area contributed by atoms with E-state index in [9.17, 15) is 14.4 Å². The summed E-state index contributed by atoms with van der Waals surface area (Å²) in [7, 11) is 0. The largest absolute Gasteiger partial charge is 0.618 e. The maximum absolute atomic E-state index is 12.7. The Morgan fingerprint density at radius 1 is 1.26 bits per heavy atom. The number of carbonyl (C=O) groups is 1. The van der Waals surface area contributed by atoms with Crippen molar-refractivity contribution in [3.63, 3.8) is 0 Å². The molecule has 19 heavy (non-hydrogen) atoms. The van der Waals surface area contributed by atoms with Gasteiger partial charge in [0.25, 0.3) is 5.91 Å². The highest BCUT2D eigenvalue weighted by molar-refractivity contribution is 6.40. The molecule has 0 bridgehead atoms. The van der Waals surface area contributed by atoms with Gasteiger partial charge < -0.3 is 10.5 Å². The monoisotopic (exact) mass is 300 g/mol. The molecule has 0 aliphatic carbocycles. The van der Waals surface area contributed by atoms with E-state index in [1.54, 1.807) is 0 Å². The van der Waals surface area contributed by atoms with Gasteiger partial charge in [-0.15, -0.1) is 0 Å². The number of nitrogens with one attached hydrogen (secondary N) is 1. The summed E-state index contributed by atoms with van der Waals surface area (Å²) < 4.78 is 13.0. The van der Waals surface area contributed by atoms with Gasteiger partial charge in [-0.3, -0.25) is 4.79 Å². The molecule has 0 atom stereocenters. The Morgan fingerprint density at radius 3 is 2.47 bits per heavy atom. The average molecular weight is 301 g/mol. The zero-order valence-corrected chi connectivity index (χ0v) is 10.9. The molecule has 0 radical (unpaired) electrons. The van der Waals surface area contributed by atoms with E-state index in [1.165, 1.54) is 30.3 Å². The summed E-state index contributed by atoms with van der Waals surface area (Å²) in [5.41, 5.74) is 0.448. The number of rotatable bonds is 2. The van der Waals surface area contributed by atoms with Gasteiger partial charge in [-0.2, -0.15) is 4.73 Å². The summed E-state index contributed by atoms with van der Waals surface area (Å²) in [6, 6.07) is 6.49. The number of hydrogen-bond acceptors (Lipinski definition) is 2. The van der Waals surface area contributed by atoms with Crippen LogP contribution in [-0.2, 0) is 0 Å². The second-order valence-electron chi connectivity index (χ2n) is 3.65. The quantitative estimate of drug-likeness (QED) is 0.526. The average Bonchev–Trinajstić information content (AvgIpc) is 2.38. The van der Waals surface area contributed by atoms with Crippen LogP contribution in [0.4, 0.5) is 10.1 Å². The molecule has 2 aromatic rings. The van der Waals surface area contributed by atoms with Crippen LogP contribution < -0.4 is 10.0 Å². The fraction of sp³-hybridized carbons (Fsp3) is 0. The maximum atomic E-state index is 12.7. The predicted molar refractivity (Wildman–Crippen MR) is 69.8 cm³/mol. The van der Waals surface area contributed by atoms with Crippen molar-refractivity contribution in [2.24, 2.45) is 0 Å². The summed E-state index contributed by atoms with van der Waals surface area (Å²) in [6.45, 7) is 0. The zero-order chi connectivity index (χ0) is 14.0. The van der Waals surface area contributed by atoms with Crippen LogP contribution in [0.3, 0.4) is 0 Å². The number of carbonyl (C=O) groups excluding carboxylic acids is 1. The minimum Gasteiger partial charge on any atom is -0.618 e. The summed E-state index contributed by atoms with van der Waals surface area (Å²) >= 11 is 11.3. The summed E-state index contributed by atoms with van der Waals surface area (Å²) in [4.78, 5) is 11.9. The third kappa shape index (κ3) is 3.13. The smallest absolute Gasteiger partial charge is 0.305 e. The van der Waals surface area contributed by atoms with Gasteiger partial charge in [0.05, 0.1) is 0 Å². The van der Waals surface area contributed by atoms with Crippen molar-refractivity contribution in [2.75, 3.05) is 5.32 Å². The van der Waals surface area contributed by atoms with Crippen LogP contribution in [0.5, 0.6) is 0 Å². The first-order valence-electron chi connectivity index (χ1n) is 5.12. The Bertz CT molecular complexity index is 609. The zero-order valence-electron chi connectivity index (χ0n) is 9.36. The first-order chi connectivity index (χ1) is 8.97. The second-order valence-corrected chi connectivity index (χ2v) is 4.42. The summed E-state index contributed by atoms with van der Waals surface area (Å²) in [6.07, 6.45) is 1.01. The number of anilines is 1. The Morgan fingerprint density at radius 2 is 1.89 bits per heavy atom. The highest BCUT2D eigenvalue weighted by Crippen LogP contribution is 2.19. The highest BCUT2D eigenvalue weighted by Gasteiger charge is 2.16. The molecule has 2 rings (SSSR count). The van der Waals surface area contributed by atoms with Gasteiger partial charge in [-0.1, -0.05) is 11.6 Å². The lowest BCUT2D eigenvalue weighted by atomic mass is 10.2. The molecule has 0 fully saturated rings. The summed E-state index contributed by atoms with van der Waals surface area (Å²) in [5, 5.41) is 13.6. The third-order valence-corrected chi connectivity index (χ3v) is 3.05. The van der Waals surface area contributed by atoms with E-state index in [4.69, 9.17) is 23.2 Å². The molecule has 0 saturated heterocycles. The molecule has 1 amide bonds. The lowest BCUT2D eigenvalue weighted by molar-refractivity contribution is -0.603. The van der Waals surface area contributed by atoms with Gasteiger partial charge in [0.15, 0.2) is 6.20 Å². The molecule has 0 unspecified atom stereocenters. The van der Waals surface area contributed by atoms with Crippen LogP contribution in [0.25, 0.3) is 0 Å². The second kappa shape index (κ2) is 5.42. The number of hydrogen-bond donors (Lipinski definition) is 1. The Kier molecular flexibility index (Phi) is 3.87. The predicted octanol–water partition coefficient (Wildman–Crippen LogP) is 3.02. The number of pyridine rings is 1. The van der Waals surface area contributed by atoms with Gasteiger partial charge >= 0.3 is 5.15 Å². The fourth-order valence-electron chi connectivity index (χ4n) is 1.38. The molecule has 1 heterocycles. The first-order valence-corrected chi connectivity index (χ1v) is 5.88. The maximum Gasteiger partial charge on any atom is 0.305 e. The van der Waals surface area contributed by atoms with Crippen molar-refractivity contribution in [2.45, 2.75) is 0 Å². The van der Waals surface area contributed by atoms with Crippen molar-refractivity contribution in [1.82, 2.24) is 0 Å². The van der Waals surface area contributed by atoms with Crippen molar-refractivity contribution in [3.05, 3.63) is 63.3 Å². The Balaban J connectivity index is 2.23. The van der Waals surface area contributed by atoms with Crippen LogP contribution in [0.15, 0.2) is 36.5 Å². The SMILES string of the molecule is O=C(Nc1ccc(F)cc1)c1cc(Cl)c(Cl)[n+]([O-])c1. The van der Waals surface area contributed by atoms with Crippen LogP contribution >= 0.6 is 23.2 Å². The van der Waals surface area contributed by atoms with Gasteiger partial charge in [-0.25, -0.2) is 4.39 Å². The van der Waals surface area contributed by atoms with Crippen LogP contribution in [0.1, 0.15) is 10.4 Å². The third-order valence-electron chi connectivity index (χ3n) is 2.29. The van der Waals surface area contributed by atoms with E-state index in [2.05, 4.69) is 5.32 Å². The normalized spacial score (nSPS) is 10.3. The number of benzene rings is 1. The van der Waals surface area contributed by atoms with E-state index in [0.29, 0.717) is 10.4 Å².